The number of rotatable bonds is 5. The summed E-state index contributed by atoms with van der Waals surface area (Å²) in [6.07, 6.45) is 7.26. The molecule has 0 saturated carbocycles. The van der Waals surface area contributed by atoms with Crippen molar-refractivity contribution in [1.82, 2.24) is 24.6 Å². The Balaban J connectivity index is 1.69. The van der Waals surface area contributed by atoms with E-state index in [0.717, 1.165) is 19.6 Å². The molecule has 5 nitrogen and oxygen atoms in total. The van der Waals surface area contributed by atoms with Gasteiger partial charge in [-0.1, -0.05) is 18.2 Å². The lowest BCUT2D eigenvalue weighted by molar-refractivity contribution is 0.312. The molecule has 20 heavy (non-hydrogen) atoms. The van der Waals surface area contributed by atoms with Gasteiger partial charge in [0.25, 0.3) is 0 Å². The summed E-state index contributed by atoms with van der Waals surface area (Å²) >= 11 is 0. The lowest BCUT2D eigenvalue weighted by Crippen LogP contribution is -2.22. The van der Waals surface area contributed by atoms with Crippen molar-refractivity contribution in [3.05, 3.63) is 54.9 Å². The summed E-state index contributed by atoms with van der Waals surface area (Å²) in [7, 11) is 2.13. The van der Waals surface area contributed by atoms with Crippen LogP contribution in [0.3, 0.4) is 0 Å². The predicted octanol–water partition coefficient (Wildman–Crippen LogP) is 1.96. The molecule has 0 amide bonds. The van der Waals surface area contributed by atoms with Crippen molar-refractivity contribution in [1.29, 1.82) is 0 Å². The van der Waals surface area contributed by atoms with Gasteiger partial charge in [0.15, 0.2) is 0 Å². The van der Waals surface area contributed by atoms with Crippen molar-refractivity contribution in [2.75, 3.05) is 13.6 Å². The molecule has 0 unspecified atom stereocenters. The molecule has 0 atom stereocenters. The lowest BCUT2D eigenvalue weighted by atomic mass is 10.1. The summed E-state index contributed by atoms with van der Waals surface area (Å²) in [6, 6.07) is 8.45. The standard InChI is InChI=1S/C15H17N5/c1-19(7-8-20-11-17-18-12-20)10-14-4-2-3-13-9-16-6-5-15(13)14/h2-6,9,11-12H,7-8,10H2,1H3. The Bertz CT molecular complexity index is 672. The van der Waals surface area contributed by atoms with Gasteiger partial charge in [0.1, 0.15) is 12.7 Å². The van der Waals surface area contributed by atoms with Crippen molar-refractivity contribution < 1.29 is 0 Å². The molecule has 0 bridgehead atoms. The summed E-state index contributed by atoms with van der Waals surface area (Å²) < 4.78 is 1.99. The van der Waals surface area contributed by atoms with E-state index in [1.165, 1.54) is 16.3 Å². The highest BCUT2D eigenvalue weighted by Gasteiger charge is 2.04. The molecule has 1 aromatic carbocycles. The van der Waals surface area contributed by atoms with Crippen LogP contribution < -0.4 is 0 Å². The molecule has 0 aliphatic rings. The molecule has 2 heterocycles. The first-order valence-corrected chi connectivity index (χ1v) is 6.65. The maximum absolute atomic E-state index is 4.17. The third-order valence-corrected chi connectivity index (χ3v) is 3.42. The topological polar surface area (TPSA) is 46.8 Å². The second kappa shape index (κ2) is 5.79. The van der Waals surface area contributed by atoms with Gasteiger partial charge in [-0.05, 0) is 24.1 Å². The SMILES string of the molecule is CN(CCn1cnnc1)Cc1cccc2cnccc12. The average Bonchev–Trinajstić information content (AvgIpc) is 2.99. The fourth-order valence-corrected chi connectivity index (χ4v) is 2.32. The van der Waals surface area contributed by atoms with Gasteiger partial charge in [-0.3, -0.25) is 4.98 Å². The third kappa shape index (κ3) is 2.83. The zero-order valence-corrected chi connectivity index (χ0v) is 11.5. The molecule has 0 saturated heterocycles. The van der Waals surface area contributed by atoms with Crippen molar-refractivity contribution in [3.8, 4) is 0 Å². The Morgan fingerprint density at radius 3 is 2.85 bits per heavy atom. The van der Waals surface area contributed by atoms with Crippen LogP contribution in [0.25, 0.3) is 10.8 Å². The van der Waals surface area contributed by atoms with Crippen molar-refractivity contribution in [2.24, 2.45) is 0 Å². The molecule has 102 valence electrons. The predicted molar refractivity (Wildman–Crippen MR) is 78.1 cm³/mol. The van der Waals surface area contributed by atoms with Crippen molar-refractivity contribution in [2.45, 2.75) is 13.1 Å². The Morgan fingerprint density at radius 2 is 2.00 bits per heavy atom. The second-order valence-electron chi connectivity index (χ2n) is 4.95. The fraction of sp³-hybridized carbons (Fsp3) is 0.267. The fourth-order valence-electron chi connectivity index (χ4n) is 2.32. The Hall–Kier alpha value is -2.27. The number of likely N-dealkylation sites (N-methyl/N-ethyl adjacent to an activating group) is 1. The summed E-state index contributed by atoms with van der Waals surface area (Å²) in [5, 5.41) is 10.1. The van der Waals surface area contributed by atoms with Gasteiger partial charge in [0.05, 0.1) is 0 Å². The lowest BCUT2D eigenvalue weighted by Gasteiger charge is -2.17. The molecule has 0 aliphatic carbocycles. The number of aromatic nitrogens is 4. The van der Waals surface area contributed by atoms with Gasteiger partial charge in [-0.15, -0.1) is 10.2 Å². The minimum atomic E-state index is 0.899. The molecule has 0 aliphatic heterocycles. The second-order valence-corrected chi connectivity index (χ2v) is 4.95. The summed E-state index contributed by atoms with van der Waals surface area (Å²) in [5.74, 6) is 0. The van der Waals surface area contributed by atoms with Crippen LogP contribution >= 0.6 is 0 Å². The maximum Gasteiger partial charge on any atom is 0.119 e. The van der Waals surface area contributed by atoms with Gasteiger partial charge >= 0.3 is 0 Å². The zero-order chi connectivity index (χ0) is 13.8. The van der Waals surface area contributed by atoms with Gasteiger partial charge in [-0.2, -0.15) is 0 Å². The number of benzene rings is 1. The molecular formula is C15H17N5. The molecule has 0 N–H and O–H groups in total. The van der Waals surface area contributed by atoms with E-state index in [2.05, 4.69) is 51.4 Å². The quantitative estimate of drug-likeness (QED) is 0.709. The number of hydrogen-bond acceptors (Lipinski definition) is 4. The molecule has 0 spiro atoms. The van der Waals surface area contributed by atoms with Crippen LogP contribution in [0.1, 0.15) is 5.56 Å². The van der Waals surface area contributed by atoms with E-state index < -0.39 is 0 Å². The summed E-state index contributed by atoms with van der Waals surface area (Å²) in [4.78, 5) is 6.47. The molecule has 0 fully saturated rings. The Kier molecular flexibility index (Phi) is 3.69. The number of fused-ring (bicyclic) bond motifs is 1. The van der Waals surface area contributed by atoms with Crippen LogP contribution in [0.2, 0.25) is 0 Å². The number of nitrogens with zero attached hydrogens (tertiary/aromatic N) is 5. The van der Waals surface area contributed by atoms with Crippen LogP contribution in [-0.4, -0.2) is 38.2 Å². The highest BCUT2D eigenvalue weighted by atomic mass is 15.2. The van der Waals surface area contributed by atoms with E-state index in [1.54, 1.807) is 12.7 Å². The Labute approximate surface area is 117 Å². The van der Waals surface area contributed by atoms with Gasteiger partial charge < -0.3 is 9.47 Å². The first-order chi connectivity index (χ1) is 9.83. The monoisotopic (exact) mass is 267 g/mol. The highest BCUT2D eigenvalue weighted by Crippen LogP contribution is 2.18. The van der Waals surface area contributed by atoms with Crippen LogP contribution in [-0.2, 0) is 13.1 Å². The third-order valence-electron chi connectivity index (χ3n) is 3.42. The van der Waals surface area contributed by atoms with Crippen LogP contribution in [0.15, 0.2) is 49.3 Å². The van der Waals surface area contributed by atoms with Crippen LogP contribution in [0.5, 0.6) is 0 Å². The van der Waals surface area contributed by atoms with Gasteiger partial charge in [0.2, 0.25) is 0 Å². The van der Waals surface area contributed by atoms with Crippen molar-refractivity contribution >= 4 is 10.8 Å². The summed E-state index contributed by atoms with van der Waals surface area (Å²) in [5.41, 5.74) is 1.33. The van der Waals surface area contributed by atoms with Crippen LogP contribution in [0, 0.1) is 0 Å². The minimum absolute atomic E-state index is 0.899. The highest BCUT2D eigenvalue weighted by molar-refractivity contribution is 5.84. The molecular weight excluding hydrogens is 250 g/mol. The van der Waals surface area contributed by atoms with E-state index in [0.29, 0.717) is 0 Å². The zero-order valence-electron chi connectivity index (χ0n) is 11.5. The summed E-state index contributed by atoms with van der Waals surface area (Å²) in [6.45, 7) is 2.78. The molecule has 0 radical (unpaired) electrons. The number of pyridine rings is 1. The van der Waals surface area contributed by atoms with E-state index in [1.807, 2.05) is 17.0 Å². The van der Waals surface area contributed by atoms with E-state index in [4.69, 9.17) is 0 Å². The molecule has 5 heteroatoms. The first kappa shape index (κ1) is 12.7. The first-order valence-electron chi connectivity index (χ1n) is 6.65. The molecule has 3 aromatic rings. The molecule has 2 aromatic heterocycles. The van der Waals surface area contributed by atoms with Crippen LogP contribution in [0.4, 0.5) is 0 Å². The largest absolute Gasteiger partial charge is 0.319 e. The maximum atomic E-state index is 4.17. The minimum Gasteiger partial charge on any atom is -0.319 e. The smallest absolute Gasteiger partial charge is 0.119 e. The average molecular weight is 267 g/mol. The van der Waals surface area contributed by atoms with Gasteiger partial charge in [0, 0.05) is 37.4 Å². The van der Waals surface area contributed by atoms with Crippen molar-refractivity contribution in [3.63, 3.8) is 0 Å². The Morgan fingerprint density at radius 1 is 1.15 bits per heavy atom. The van der Waals surface area contributed by atoms with Gasteiger partial charge in [-0.25, -0.2) is 0 Å². The normalized spacial score (nSPS) is 11.3. The number of hydrogen-bond donors (Lipinski definition) is 0. The van der Waals surface area contributed by atoms with E-state index in [-0.39, 0.29) is 0 Å². The molecule has 3 rings (SSSR count). The van der Waals surface area contributed by atoms with E-state index >= 15 is 0 Å². The van der Waals surface area contributed by atoms with E-state index in [9.17, 15) is 0 Å².